The molecule has 3 rings (SSSR count). The zero-order valence-corrected chi connectivity index (χ0v) is 19.3. The highest BCUT2D eigenvalue weighted by atomic mass is 16.4. The van der Waals surface area contributed by atoms with Gasteiger partial charge in [-0.3, -0.25) is 9.79 Å². The van der Waals surface area contributed by atoms with Gasteiger partial charge in [-0.15, -0.1) is 0 Å². The molecule has 1 saturated heterocycles. The van der Waals surface area contributed by atoms with Crippen LogP contribution in [-0.2, 0) is 0 Å². The fraction of sp³-hybridized carbons (Fsp3) is 0.522. The number of oxazole rings is 1. The van der Waals surface area contributed by atoms with Crippen molar-refractivity contribution in [2.75, 3.05) is 51.7 Å². The molecule has 1 aliphatic rings. The number of hydrogen-bond acceptors (Lipinski definition) is 7. The molecule has 7 nitrogen and oxygen atoms in total. The van der Waals surface area contributed by atoms with Crippen LogP contribution in [0.25, 0.3) is 11.1 Å². The van der Waals surface area contributed by atoms with Gasteiger partial charge in [0.1, 0.15) is 5.52 Å². The summed E-state index contributed by atoms with van der Waals surface area (Å²) in [7, 11) is 3.72. The molecule has 1 aromatic carbocycles. The summed E-state index contributed by atoms with van der Waals surface area (Å²) in [4.78, 5) is 21.6. The van der Waals surface area contributed by atoms with Crippen molar-refractivity contribution in [2.45, 2.75) is 27.7 Å². The van der Waals surface area contributed by atoms with Crippen LogP contribution in [-0.4, -0.2) is 63.8 Å². The first-order chi connectivity index (χ1) is 14.5. The molecule has 0 aliphatic carbocycles. The van der Waals surface area contributed by atoms with Gasteiger partial charge in [0.25, 0.3) is 6.01 Å². The average Bonchev–Trinajstić information content (AvgIpc) is 3.24. The monoisotopic (exact) mass is 415 g/mol. The number of benzene rings is 1. The lowest BCUT2D eigenvalue weighted by Gasteiger charge is -2.25. The summed E-state index contributed by atoms with van der Waals surface area (Å²) in [5.41, 5.74) is 4.09. The molecule has 2 heterocycles. The molecule has 2 aromatic rings. The van der Waals surface area contributed by atoms with Crippen LogP contribution in [0.4, 0.5) is 6.01 Å². The van der Waals surface area contributed by atoms with Crippen LogP contribution in [0.1, 0.15) is 38.1 Å². The zero-order chi connectivity index (χ0) is 22.5. The predicted molar refractivity (Wildman–Crippen MR) is 127 cm³/mol. The van der Waals surface area contributed by atoms with Gasteiger partial charge in [0, 0.05) is 45.3 Å². The number of nitrogens with zero attached hydrogens (tertiary/aromatic N) is 3. The van der Waals surface area contributed by atoms with Crippen LogP contribution in [0.5, 0.6) is 0 Å². The number of para-hydroxylation sites is 1. The van der Waals surface area contributed by atoms with Gasteiger partial charge in [-0.1, -0.05) is 40.3 Å². The molecule has 2 N–H and O–H groups in total. The van der Waals surface area contributed by atoms with E-state index in [-0.39, 0.29) is 0 Å². The Bertz CT molecular complexity index is 820. The van der Waals surface area contributed by atoms with Crippen molar-refractivity contribution >= 4 is 29.1 Å². The lowest BCUT2D eigenvalue weighted by Crippen LogP contribution is -2.43. The first kappa shape index (κ1) is 25.5. The second kappa shape index (κ2) is 13.7. The Morgan fingerprint density at radius 2 is 2.03 bits per heavy atom. The molecule has 1 aliphatic heterocycles. The second-order valence-corrected chi connectivity index (χ2v) is 6.93. The normalized spacial score (nSPS) is 14.0. The molecule has 30 heavy (non-hydrogen) atoms. The number of aromatic nitrogens is 1. The van der Waals surface area contributed by atoms with Crippen molar-refractivity contribution in [1.82, 2.24) is 15.6 Å². The van der Waals surface area contributed by atoms with Crippen molar-refractivity contribution in [2.24, 2.45) is 10.9 Å². The smallest absolute Gasteiger partial charge is 0.298 e. The Morgan fingerprint density at radius 1 is 1.37 bits per heavy atom. The number of carbonyl (C=O) groups is 1. The van der Waals surface area contributed by atoms with Crippen molar-refractivity contribution in [3.63, 3.8) is 0 Å². The average molecular weight is 416 g/mol. The number of nitrogens with one attached hydrogen (secondary N) is 2. The summed E-state index contributed by atoms with van der Waals surface area (Å²) in [5, 5.41) is 6.34. The van der Waals surface area contributed by atoms with Gasteiger partial charge in [-0.25, -0.2) is 0 Å². The van der Waals surface area contributed by atoms with Gasteiger partial charge in [0.05, 0.1) is 5.71 Å². The predicted octanol–water partition coefficient (Wildman–Crippen LogP) is 3.56. The maximum Gasteiger partial charge on any atom is 0.298 e. The minimum absolute atomic E-state index is 0.488. The lowest BCUT2D eigenvalue weighted by atomic mass is 10.0. The summed E-state index contributed by atoms with van der Waals surface area (Å²) in [6.07, 6.45) is 0.812. The van der Waals surface area contributed by atoms with Gasteiger partial charge >= 0.3 is 0 Å². The van der Waals surface area contributed by atoms with Crippen molar-refractivity contribution in [1.29, 1.82) is 0 Å². The highest BCUT2D eigenvalue weighted by Crippen LogP contribution is 2.24. The summed E-state index contributed by atoms with van der Waals surface area (Å²) < 4.78 is 5.68. The highest BCUT2D eigenvalue weighted by Gasteiger charge is 2.17. The summed E-state index contributed by atoms with van der Waals surface area (Å²) in [6.45, 7) is 16.7. The molecule has 0 atom stereocenters. The number of aliphatic imine (C=N–C) groups is 1. The third-order valence-electron chi connectivity index (χ3n) is 4.64. The number of hydrogen-bond donors (Lipinski definition) is 2. The lowest BCUT2D eigenvalue weighted by molar-refractivity contribution is 0.112. The van der Waals surface area contributed by atoms with E-state index < -0.39 is 0 Å². The number of piperazine rings is 1. The summed E-state index contributed by atoms with van der Waals surface area (Å²) in [5.74, 6) is 0.488. The van der Waals surface area contributed by atoms with E-state index in [9.17, 15) is 4.79 Å². The number of aldehydes is 1. The standard InChI is InChI=1S/C12H13N3O2.C9H18N2.C2H6/c16-8-9-2-1-3-10-11(9)14-12(17-10)15-6-4-13-5-7-15;1-7(2)8(3)9(11-5)6-10-4;1-2/h1-3,8,13H,4-7H2;7,10H,3,6H2,1-2,4-5H3;1-2H3. The molecular weight excluding hydrogens is 378 g/mol. The molecule has 0 saturated carbocycles. The Kier molecular flexibility index (Phi) is 11.6. The number of fused-ring (bicyclic) bond motifs is 1. The molecule has 1 aromatic heterocycles. The van der Waals surface area contributed by atoms with Gasteiger partial charge in [0.2, 0.25) is 0 Å². The second-order valence-electron chi connectivity index (χ2n) is 6.93. The summed E-state index contributed by atoms with van der Waals surface area (Å²) >= 11 is 0. The Labute approximate surface area is 180 Å². The zero-order valence-electron chi connectivity index (χ0n) is 19.3. The molecule has 166 valence electrons. The minimum Gasteiger partial charge on any atom is -0.423 e. The van der Waals surface area contributed by atoms with Crippen molar-refractivity contribution in [3.05, 3.63) is 35.9 Å². The third-order valence-corrected chi connectivity index (χ3v) is 4.64. The number of rotatable bonds is 6. The van der Waals surface area contributed by atoms with Crippen molar-refractivity contribution < 1.29 is 9.21 Å². The molecule has 0 radical (unpaired) electrons. The molecule has 1 fully saturated rings. The highest BCUT2D eigenvalue weighted by molar-refractivity contribution is 6.01. The van der Waals surface area contributed by atoms with E-state index >= 15 is 0 Å². The van der Waals surface area contributed by atoms with Gasteiger partial charge < -0.3 is 20.0 Å². The number of anilines is 1. The molecule has 7 heteroatoms. The van der Waals surface area contributed by atoms with E-state index in [4.69, 9.17) is 4.42 Å². The van der Waals surface area contributed by atoms with Gasteiger partial charge in [-0.2, -0.15) is 4.98 Å². The van der Waals surface area contributed by atoms with Crippen LogP contribution >= 0.6 is 0 Å². The fourth-order valence-electron chi connectivity index (χ4n) is 2.88. The molecule has 0 unspecified atom stereocenters. The number of carbonyl (C=O) groups excluding carboxylic acids is 1. The molecular formula is C23H37N5O2. The molecule has 0 amide bonds. The largest absolute Gasteiger partial charge is 0.423 e. The molecule has 0 spiro atoms. The fourth-order valence-corrected chi connectivity index (χ4v) is 2.88. The first-order valence-electron chi connectivity index (χ1n) is 10.6. The van der Waals surface area contributed by atoms with E-state index in [2.05, 4.69) is 45.9 Å². The van der Waals surface area contributed by atoms with Crippen molar-refractivity contribution in [3.8, 4) is 0 Å². The van der Waals surface area contributed by atoms with E-state index in [0.29, 0.717) is 28.6 Å². The van der Waals surface area contributed by atoms with E-state index in [1.54, 1.807) is 19.2 Å². The van der Waals surface area contributed by atoms with Crippen LogP contribution in [0.15, 0.2) is 39.8 Å². The van der Waals surface area contributed by atoms with Gasteiger partial charge in [0.15, 0.2) is 11.9 Å². The quantitative estimate of drug-likeness (QED) is 0.554. The topological polar surface area (TPSA) is 82.8 Å². The maximum absolute atomic E-state index is 10.9. The Morgan fingerprint density at radius 3 is 2.57 bits per heavy atom. The van der Waals surface area contributed by atoms with Crippen LogP contribution in [0, 0.1) is 5.92 Å². The van der Waals surface area contributed by atoms with Gasteiger partial charge in [-0.05, 0) is 30.7 Å². The van der Waals surface area contributed by atoms with Crippen LogP contribution in [0.2, 0.25) is 0 Å². The maximum atomic E-state index is 10.9. The third kappa shape index (κ3) is 7.07. The summed E-state index contributed by atoms with van der Waals surface area (Å²) in [6, 6.07) is 6.00. The van der Waals surface area contributed by atoms with Crippen LogP contribution in [0.3, 0.4) is 0 Å². The minimum atomic E-state index is 0.488. The Balaban J connectivity index is 0.000000304. The van der Waals surface area contributed by atoms with Crippen LogP contribution < -0.4 is 15.5 Å². The van der Waals surface area contributed by atoms with E-state index in [1.807, 2.05) is 27.0 Å². The van der Waals surface area contributed by atoms with E-state index in [0.717, 1.165) is 50.3 Å². The SMILES string of the molecule is C=C(C(CNC)=NC)C(C)C.CC.O=Cc1cccc2oc(N3CCNCC3)nc12. The van der Waals surface area contributed by atoms with E-state index in [1.165, 1.54) is 0 Å². The Hall–Kier alpha value is -2.51. The first-order valence-corrected chi connectivity index (χ1v) is 10.6. The molecule has 0 bridgehead atoms.